The van der Waals surface area contributed by atoms with Crippen LogP contribution in [0, 0.1) is 5.41 Å². The van der Waals surface area contributed by atoms with Crippen LogP contribution in [0.1, 0.15) is 28.9 Å². The summed E-state index contributed by atoms with van der Waals surface area (Å²) >= 11 is 0. The van der Waals surface area contributed by atoms with Crippen molar-refractivity contribution >= 4 is 11.8 Å². The van der Waals surface area contributed by atoms with Gasteiger partial charge >= 0.3 is 0 Å². The van der Waals surface area contributed by atoms with Crippen molar-refractivity contribution in [2.75, 3.05) is 26.7 Å². The van der Waals surface area contributed by atoms with Crippen LogP contribution in [0.5, 0.6) is 11.5 Å². The molecule has 7 nitrogen and oxygen atoms in total. The van der Waals surface area contributed by atoms with Gasteiger partial charge in [-0.05, 0) is 37.1 Å². The van der Waals surface area contributed by atoms with Crippen LogP contribution in [-0.2, 0) is 11.3 Å². The van der Waals surface area contributed by atoms with Gasteiger partial charge in [-0.15, -0.1) is 0 Å². The summed E-state index contributed by atoms with van der Waals surface area (Å²) in [5.74, 6) is 0.211. The predicted molar refractivity (Wildman–Crippen MR) is 102 cm³/mol. The molecule has 2 fully saturated rings. The van der Waals surface area contributed by atoms with Gasteiger partial charge in [-0.2, -0.15) is 0 Å². The van der Waals surface area contributed by atoms with Crippen LogP contribution >= 0.6 is 0 Å². The number of phenolic OH excluding ortho intramolecular Hbond substituents is 1. The number of phenols is 1. The zero-order chi connectivity index (χ0) is 19.7. The van der Waals surface area contributed by atoms with Gasteiger partial charge in [-0.25, -0.2) is 0 Å². The topological polar surface area (TPSA) is 83.0 Å². The second kappa shape index (κ2) is 7.14. The van der Waals surface area contributed by atoms with Crippen molar-refractivity contribution in [1.82, 2.24) is 14.8 Å². The summed E-state index contributed by atoms with van der Waals surface area (Å²) in [5.41, 5.74) is 0.572. The smallest absolute Gasteiger partial charge is 0.257 e. The molecule has 1 atom stereocenters. The summed E-state index contributed by atoms with van der Waals surface area (Å²) in [6, 6.07) is 10.3. The van der Waals surface area contributed by atoms with Crippen molar-refractivity contribution in [2.24, 2.45) is 5.41 Å². The molecule has 2 aliphatic rings. The minimum atomic E-state index is -0.521. The standard InChI is InChI=1S/C21H23N3O4/c1-28-16-5-6-17(18(25)12-16)19(26)24-11-8-21(14-24)7-10-23(20(21)27)13-15-4-2-3-9-22-15/h2-6,9,12,25H,7-8,10-11,13-14H2,1H3. The van der Waals surface area contributed by atoms with E-state index in [0.717, 1.165) is 12.1 Å². The molecule has 146 valence electrons. The molecule has 2 aliphatic heterocycles. The molecule has 0 radical (unpaired) electrons. The zero-order valence-corrected chi connectivity index (χ0v) is 15.8. The van der Waals surface area contributed by atoms with Crippen LogP contribution in [-0.4, -0.2) is 58.4 Å². The highest BCUT2D eigenvalue weighted by atomic mass is 16.5. The van der Waals surface area contributed by atoms with Gasteiger partial charge in [0.2, 0.25) is 5.91 Å². The van der Waals surface area contributed by atoms with E-state index in [1.165, 1.54) is 13.2 Å². The van der Waals surface area contributed by atoms with Gasteiger partial charge in [0.05, 0.1) is 30.3 Å². The van der Waals surface area contributed by atoms with Gasteiger partial charge in [-0.3, -0.25) is 14.6 Å². The molecule has 3 heterocycles. The minimum absolute atomic E-state index is 0.0902. The second-order valence-corrected chi connectivity index (χ2v) is 7.44. The van der Waals surface area contributed by atoms with Crippen molar-refractivity contribution in [3.63, 3.8) is 0 Å². The number of hydrogen-bond donors (Lipinski definition) is 1. The van der Waals surface area contributed by atoms with E-state index in [9.17, 15) is 14.7 Å². The maximum Gasteiger partial charge on any atom is 0.257 e. The van der Waals surface area contributed by atoms with Crippen LogP contribution in [0.2, 0.25) is 0 Å². The molecule has 28 heavy (non-hydrogen) atoms. The first-order chi connectivity index (χ1) is 13.5. The maximum atomic E-state index is 13.1. The monoisotopic (exact) mass is 381 g/mol. The van der Waals surface area contributed by atoms with Crippen LogP contribution < -0.4 is 4.74 Å². The van der Waals surface area contributed by atoms with Crippen molar-refractivity contribution in [3.05, 3.63) is 53.9 Å². The van der Waals surface area contributed by atoms with Gasteiger partial charge in [-0.1, -0.05) is 6.07 Å². The normalized spacial score (nSPS) is 21.5. The van der Waals surface area contributed by atoms with E-state index in [2.05, 4.69) is 4.98 Å². The van der Waals surface area contributed by atoms with Crippen molar-refractivity contribution in [1.29, 1.82) is 0 Å². The lowest BCUT2D eigenvalue weighted by atomic mass is 9.85. The van der Waals surface area contributed by atoms with Crippen molar-refractivity contribution < 1.29 is 19.4 Å². The highest BCUT2D eigenvalue weighted by Crippen LogP contribution is 2.42. The fourth-order valence-electron chi connectivity index (χ4n) is 4.14. The summed E-state index contributed by atoms with van der Waals surface area (Å²) in [5, 5.41) is 10.2. The van der Waals surface area contributed by atoms with Gasteiger partial charge in [0, 0.05) is 31.9 Å². The quantitative estimate of drug-likeness (QED) is 0.877. The Morgan fingerprint density at radius 1 is 1.25 bits per heavy atom. The molecule has 7 heteroatoms. The molecular weight excluding hydrogens is 358 g/mol. The Bertz CT molecular complexity index is 902. The fraction of sp³-hybridized carbons (Fsp3) is 0.381. The zero-order valence-electron chi connectivity index (χ0n) is 15.8. The molecule has 1 aromatic carbocycles. The van der Waals surface area contributed by atoms with Gasteiger partial charge in [0.25, 0.3) is 5.91 Å². The summed E-state index contributed by atoms with van der Waals surface area (Å²) in [6.07, 6.45) is 3.10. The van der Waals surface area contributed by atoms with E-state index in [-0.39, 0.29) is 23.1 Å². The Kier molecular flexibility index (Phi) is 4.66. The molecule has 1 aromatic heterocycles. The number of nitrogens with zero attached hydrogens (tertiary/aromatic N) is 3. The minimum Gasteiger partial charge on any atom is -0.507 e. The Balaban J connectivity index is 1.46. The lowest BCUT2D eigenvalue weighted by Crippen LogP contribution is -2.38. The number of likely N-dealkylation sites (tertiary alicyclic amines) is 2. The molecule has 2 amide bonds. The number of benzene rings is 1. The summed E-state index contributed by atoms with van der Waals surface area (Å²) in [4.78, 5) is 33.8. The van der Waals surface area contributed by atoms with E-state index < -0.39 is 5.41 Å². The molecule has 0 saturated carbocycles. The number of ether oxygens (including phenoxy) is 1. The number of aromatic nitrogens is 1. The van der Waals surface area contributed by atoms with E-state index in [4.69, 9.17) is 4.74 Å². The molecule has 2 saturated heterocycles. The maximum absolute atomic E-state index is 13.1. The molecule has 1 spiro atoms. The summed E-state index contributed by atoms with van der Waals surface area (Å²) in [6.45, 7) is 2.06. The highest BCUT2D eigenvalue weighted by Gasteiger charge is 2.51. The third kappa shape index (κ3) is 3.17. The lowest BCUT2D eigenvalue weighted by molar-refractivity contribution is -0.135. The third-order valence-electron chi connectivity index (χ3n) is 5.76. The first-order valence-corrected chi connectivity index (χ1v) is 9.38. The van der Waals surface area contributed by atoms with E-state index in [1.807, 2.05) is 23.1 Å². The number of rotatable bonds is 4. The molecular formula is C21H23N3O4. The Morgan fingerprint density at radius 2 is 2.07 bits per heavy atom. The Morgan fingerprint density at radius 3 is 2.79 bits per heavy atom. The average Bonchev–Trinajstić information content (AvgIpc) is 3.28. The molecule has 0 bridgehead atoms. The van der Waals surface area contributed by atoms with Crippen molar-refractivity contribution in [3.8, 4) is 11.5 Å². The number of carbonyl (C=O) groups excluding carboxylic acids is 2. The molecule has 1 unspecified atom stereocenters. The predicted octanol–water partition coefficient (Wildman–Crippen LogP) is 2.06. The number of methoxy groups -OCH3 is 1. The van der Waals surface area contributed by atoms with Crippen LogP contribution in [0.3, 0.4) is 0 Å². The molecule has 1 N–H and O–H groups in total. The largest absolute Gasteiger partial charge is 0.507 e. The Labute approximate surface area is 163 Å². The summed E-state index contributed by atoms with van der Waals surface area (Å²) < 4.78 is 5.07. The van der Waals surface area contributed by atoms with E-state index in [0.29, 0.717) is 38.3 Å². The molecule has 4 rings (SSSR count). The highest BCUT2D eigenvalue weighted by molar-refractivity contribution is 5.98. The molecule has 2 aromatic rings. The molecule has 0 aliphatic carbocycles. The Hall–Kier alpha value is -3.09. The van der Waals surface area contributed by atoms with Gasteiger partial charge < -0.3 is 19.6 Å². The van der Waals surface area contributed by atoms with Crippen LogP contribution in [0.4, 0.5) is 0 Å². The average molecular weight is 381 g/mol. The van der Waals surface area contributed by atoms with Gasteiger partial charge in [0.1, 0.15) is 11.5 Å². The van der Waals surface area contributed by atoms with Gasteiger partial charge in [0.15, 0.2) is 0 Å². The number of aromatic hydroxyl groups is 1. The number of hydrogen-bond acceptors (Lipinski definition) is 5. The van der Waals surface area contributed by atoms with E-state index >= 15 is 0 Å². The number of amides is 2. The first-order valence-electron chi connectivity index (χ1n) is 9.38. The van der Waals surface area contributed by atoms with Crippen LogP contribution in [0.15, 0.2) is 42.6 Å². The second-order valence-electron chi connectivity index (χ2n) is 7.44. The van der Waals surface area contributed by atoms with E-state index in [1.54, 1.807) is 23.2 Å². The summed E-state index contributed by atoms with van der Waals surface area (Å²) in [7, 11) is 1.50. The number of pyridine rings is 1. The fourth-order valence-corrected chi connectivity index (χ4v) is 4.14. The van der Waals surface area contributed by atoms with Crippen molar-refractivity contribution in [2.45, 2.75) is 19.4 Å². The third-order valence-corrected chi connectivity index (χ3v) is 5.76. The number of carbonyl (C=O) groups is 2. The SMILES string of the molecule is COc1ccc(C(=O)N2CCC3(CCN(Cc4ccccn4)C3=O)C2)c(O)c1. The first kappa shape index (κ1) is 18.3. The van der Waals surface area contributed by atoms with Crippen LogP contribution in [0.25, 0.3) is 0 Å². The lowest BCUT2D eigenvalue weighted by Gasteiger charge is -2.24.